The van der Waals surface area contributed by atoms with Gasteiger partial charge in [-0.05, 0) is 30.7 Å². The van der Waals surface area contributed by atoms with Crippen LogP contribution in [0.3, 0.4) is 0 Å². The molecule has 1 atom stereocenters. The molecular formula is C18H21BrN2O2. The molecule has 0 saturated carbocycles. The number of nitrogens with zero attached hydrogens (tertiary/aromatic N) is 1. The van der Waals surface area contributed by atoms with E-state index in [0.717, 1.165) is 41.2 Å². The molecule has 1 heterocycles. The van der Waals surface area contributed by atoms with Crippen LogP contribution in [0.25, 0.3) is 0 Å². The molecule has 0 amide bonds. The molecule has 2 aromatic rings. The number of nitrogens with one attached hydrogen (secondary N) is 1. The first-order valence-corrected chi connectivity index (χ1v) is 8.47. The van der Waals surface area contributed by atoms with Crippen molar-refractivity contribution in [2.24, 2.45) is 0 Å². The van der Waals surface area contributed by atoms with E-state index in [1.807, 2.05) is 18.2 Å². The Morgan fingerprint density at radius 2 is 1.70 bits per heavy atom. The van der Waals surface area contributed by atoms with Crippen LogP contribution in [0.4, 0.5) is 11.4 Å². The summed E-state index contributed by atoms with van der Waals surface area (Å²) in [6.07, 6.45) is 1.11. The third-order valence-electron chi connectivity index (χ3n) is 4.10. The minimum atomic E-state index is 0.412. The summed E-state index contributed by atoms with van der Waals surface area (Å²) >= 11 is 3.48. The second-order valence-electron chi connectivity index (χ2n) is 5.65. The average molecular weight is 377 g/mol. The topological polar surface area (TPSA) is 33.7 Å². The van der Waals surface area contributed by atoms with E-state index in [1.165, 1.54) is 5.69 Å². The summed E-state index contributed by atoms with van der Waals surface area (Å²) in [4.78, 5) is 2.40. The molecule has 0 aromatic heterocycles. The molecule has 1 N–H and O–H groups in total. The van der Waals surface area contributed by atoms with Crippen molar-refractivity contribution in [3.63, 3.8) is 0 Å². The Morgan fingerprint density at radius 1 is 1.04 bits per heavy atom. The molecule has 0 bridgehead atoms. The Labute approximate surface area is 145 Å². The molecule has 122 valence electrons. The smallest absolute Gasteiger partial charge is 0.124 e. The zero-order valence-corrected chi connectivity index (χ0v) is 15.0. The molecule has 5 heteroatoms. The predicted octanol–water partition coefficient (Wildman–Crippen LogP) is 4.16. The Bertz CT molecular complexity index is 638. The van der Waals surface area contributed by atoms with Crippen molar-refractivity contribution in [1.82, 2.24) is 0 Å². The average Bonchev–Trinajstić information content (AvgIpc) is 3.03. The van der Waals surface area contributed by atoms with Crippen molar-refractivity contribution in [3.05, 3.63) is 46.9 Å². The minimum Gasteiger partial charge on any atom is -0.497 e. The molecular weight excluding hydrogens is 356 g/mol. The van der Waals surface area contributed by atoms with Crippen LogP contribution < -0.4 is 19.7 Å². The lowest BCUT2D eigenvalue weighted by Gasteiger charge is -2.20. The van der Waals surface area contributed by atoms with Gasteiger partial charge in [0.1, 0.15) is 11.5 Å². The summed E-state index contributed by atoms with van der Waals surface area (Å²) in [5.74, 6) is 1.60. The maximum Gasteiger partial charge on any atom is 0.124 e. The number of hydrogen-bond donors (Lipinski definition) is 1. The van der Waals surface area contributed by atoms with E-state index in [-0.39, 0.29) is 0 Å². The molecule has 1 aliphatic rings. The Hall–Kier alpha value is -1.88. The van der Waals surface area contributed by atoms with Crippen LogP contribution in [0.5, 0.6) is 11.5 Å². The van der Waals surface area contributed by atoms with Crippen molar-refractivity contribution in [1.29, 1.82) is 0 Å². The van der Waals surface area contributed by atoms with E-state index in [0.29, 0.717) is 6.04 Å². The standard InChI is InChI=1S/C18H21BrN2O2/c1-22-17-9-15(10-18(11-17)23-2)20-14-7-8-21(12-14)16-5-3-13(19)4-6-16/h3-6,9-11,14,20H,7-8,12H2,1-2H3/t14-/m1/s1. The van der Waals surface area contributed by atoms with Crippen LogP contribution in [0.1, 0.15) is 6.42 Å². The molecule has 23 heavy (non-hydrogen) atoms. The first-order valence-electron chi connectivity index (χ1n) is 7.68. The lowest BCUT2D eigenvalue weighted by atomic mass is 10.2. The Morgan fingerprint density at radius 3 is 2.30 bits per heavy atom. The fourth-order valence-corrected chi connectivity index (χ4v) is 3.16. The van der Waals surface area contributed by atoms with Gasteiger partial charge in [-0.25, -0.2) is 0 Å². The van der Waals surface area contributed by atoms with Gasteiger partial charge in [0.05, 0.1) is 14.2 Å². The molecule has 0 radical (unpaired) electrons. The van der Waals surface area contributed by atoms with E-state index >= 15 is 0 Å². The maximum atomic E-state index is 5.33. The van der Waals surface area contributed by atoms with Gasteiger partial charge >= 0.3 is 0 Å². The third kappa shape index (κ3) is 3.91. The largest absolute Gasteiger partial charge is 0.497 e. The van der Waals surface area contributed by atoms with Crippen LogP contribution in [0, 0.1) is 0 Å². The SMILES string of the molecule is COc1cc(N[C@@H]2CCN(c3ccc(Br)cc3)C2)cc(OC)c1. The van der Waals surface area contributed by atoms with E-state index in [1.54, 1.807) is 14.2 Å². The first kappa shape index (κ1) is 16.0. The van der Waals surface area contributed by atoms with Gasteiger partial charge in [0.25, 0.3) is 0 Å². The summed E-state index contributed by atoms with van der Waals surface area (Å²) < 4.78 is 11.8. The van der Waals surface area contributed by atoms with Gasteiger partial charge < -0.3 is 19.7 Å². The lowest BCUT2D eigenvalue weighted by Crippen LogP contribution is -2.25. The van der Waals surface area contributed by atoms with Gasteiger partial charge in [-0.3, -0.25) is 0 Å². The Kier molecular flexibility index (Phi) is 4.96. The quantitative estimate of drug-likeness (QED) is 0.849. The van der Waals surface area contributed by atoms with Gasteiger partial charge in [-0.1, -0.05) is 15.9 Å². The fourth-order valence-electron chi connectivity index (χ4n) is 2.89. The Balaban J connectivity index is 1.67. The normalized spacial score (nSPS) is 17.2. The fraction of sp³-hybridized carbons (Fsp3) is 0.333. The number of ether oxygens (including phenoxy) is 2. The number of rotatable bonds is 5. The van der Waals surface area contributed by atoms with Crippen molar-refractivity contribution >= 4 is 27.3 Å². The maximum absolute atomic E-state index is 5.33. The molecule has 1 fully saturated rings. The molecule has 1 saturated heterocycles. The van der Waals surface area contributed by atoms with Gasteiger partial charge in [-0.2, -0.15) is 0 Å². The molecule has 1 aliphatic heterocycles. The third-order valence-corrected chi connectivity index (χ3v) is 4.63. The summed E-state index contributed by atoms with van der Waals surface area (Å²) in [5, 5.41) is 3.59. The van der Waals surface area contributed by atoms with Crippen LogP contribution in [0.15, 0.2) is 46.9 Å². The van der Waals surface area contributed by atoms with Crippen LogP contribution in [-0.2, 0) is 0 Å². The van der Waals surface area contributed by atoms with E-state index in [2.05, 4.69) is 50.4 Å². The van der Waals surface area contributed by atoms with Gasteiger partial charge in [0.15, 0.2) is 0 Å². The second-order valence-corrected chi connectivity index (χ2v) is 6.57. The van der Waals surface area contributed by atoms with Crippen molar-refractivity contribution in [2.75, 3.05) is 37.5 Å². The van der Waals surface area contributed by atoms with Crippen molar-refractivity contribution in [2.45, 2.75) is 12.5 Å². The molecule has 0 spiro atoms. The van der Waals surface area contributed by atoms with Gasteiger partial charge in [-0.15, -0.1) is 0 Å². The highest BCUT2D eigenvalue weighted by Crippen LogP contribution is 2.28. The highest BCUT2D eigenvalue weighted by molar-refractivity contribution is 9.10. The molecule has 0 aliphatic carbocycles. The lowest BCUT2D eigenvalue weighted by molar-refractivity contribution is 0.394. The van der Waals surface area contributed by atoms with E-state index < -0.39 is 0 Å². The van der Waals surface area contributed by atoms with Crippen molar-refractivity contribution < 1.29 is 9.47 Å². The summed E-state index contributed by atoms with van der Waals surface area (Å²) in [5.41, 5.74) is 2.30. The van der Waals surface area contributed by atoms with Gasteiger partial charge in [0.2, 0.25) is 0 Å². The molecule has 3 rings (SSSR count). The highest BCUT2D eigenvalue weighted by atomic mass is 79.9. The predicted molar refractivity (Wildman–Crippen MR) is 97.9 cm³/mol. The number of anilines is 2. The molecule has 4 nitrogen and oxygen atoms in total. The number of hydrogen-bond acceptors (Lipinski definition) is 4. The number of methoxy groups -OCH3 is 2. The van der Waals surface area contributed by atoms with Gasteiger partial charge in [0, 0.05) is 53.2 Å². The number of halogens is 1. The van der Waals surface area contributed by atoms with Crippen LogP contribution >= 0.6 is 15.9 Å². The monoisotopic (exact) mass is 376 g/mol. The van der Waals surface area contributed by atoms with Crippen LogP contribution in [-0.4, -0.2) is 33.4 Å². The molecule has 2 aromatic carbocycles. The zero-order chi connectivity index (χ0) is 16.2. The molecule has 0 unspecified atom stereocenters. The number of benzene rings is 2. The first-order chi connectivity index (χ1) is 11.2. The highest BCUT2D eigenvalue weighted by Gasteiger charge is 2.22. The zero-order valence-electron chi connectivity index (χ0n) is 13.4. The minimum absolute atomic E-state index is 0.412. The summed E-state index contributed by atoms with van der Waals surface area (Å²) in [7, 11) is 3.34. The summed E-state index contributed by atoms with van der Waals surface area (Å²) in [6.45, 7) is 2.04. The van der Waals surface area contributed by atoms with E-state index in [9.17, 15) is 0 Å². The second kappa shape index (κ2) is 7.13. The van der Waals surface area contributed by atoms with Crippen molar-refractivity contribution in [3.8, 4) is 11.5 Å². The van der Waals surface area contributed by atoms with E-state index in [4.69, 9.17) is 9.47 Å². The van der Waals surface area contributed by atoms with Crippen LogP contribution in [0.2, 0.25) is 0 Å². The summed E-state index contributed by atoms with van der Waals surface area (Å²) in [6, 6.07) is 14.8.